The summed E-state index contributed by atoms with van der Waals surface area (Å²) in [5, 5.41) is 17.2. The zero-order chi connectivity index (χ0) is 12.4. The summed E-state index contributed by atoms with van der Waals surface area (Å²) < 4.78 is 0. The van der Waals surface area contributed by atoms with E-state index < -0.39 is 11.9 Å². The minimum atomic E-state index is -0.989. The average molecular weight is 249 g/mol. The van der Waals surface area contributed by atoms with Gasteiger partial charge < -0.3 is 10.2 Å². The molecule has 16 heavy (non-hydrogen) atoms. The van der Waals surface area contributed by atoms with E-state index in [4.69, 9.17) is 10.2 Å². The van der Waals surface area contributed by atoms with Gasteiger partial charge in [0.2, 0.25) is 0 Å². The van der Waals surface area contributed by atoms with E-state index in [0.717, 1.165) is 31.4 Å². The number of hydrogen-bond donors (Lipinski definition) is 3. The van der Waals surface area contributed by atoms with E-state index in [-0.39, 0.29) is 13.1 Å². The molecule has 0 aromatic carbocycles. The van der Waals surface area contributed by atoms with Crippen molar-refractivity contribution < 1.29 is 19.8 Å². The van der Waals surface area contributed by atoms with Crippen LogP contribution in [0.2, 0.25) is 0 Å². The van der Waals surface area contributed by atoms with Gasteiger partial charge in [-0.15, -0.1) is 0 Å². The zero-order valence-corrected chi connectivity index (χ0v) is 10.2. The van der Waals surface area contributed by atoms with Crippen LogP contribution in [0.1, 0.15) is 25.7 Å². The van der Waals surface area contributed by atoms with Crippen molar-refractivity contribution in [3.05, 3.63) is 0 Å². The van der Waals surface area contributed by atoms with Crippen molar-refractivity contribution in [2.45, 2.75) is 25.7 Å². The van der Waals surface area contributed by atoms with Crippen molar-refractivity contribution in [1.82, 2.24) is 4.90 Å². The number of nitrogens with zero attached hydrogens (tertiary/aromatic N) is 1. The second-order valence-corrected chi connectivity index (χ2v) is 4.08. The normalized spacial score (nSPS) is 10.6. The summed E-state index contributed by atoms with van der Waals surface area (Å²) >= 11 is 4.09. The SMILES string of the molecule is O=C(O)CN(CCCCCCS)CC(=O)O. The Morgan fingerprint density at radius 1 is 0.938 bits per heavy atom. The Morgan fingerprint density at radius 2 is 1.44 bits per heavy atom. The van der Waals surface area contributed by atoms with E-state index in [0.29, 0.717) is 6.54 Å². The molecule has 0 atom stereocenters. The lowest BCUT2D eigenvalue weighted by atomic mass is 10.2. The zero-order valence-electron chi connectivity index (χ0n) is 9.26. The van der Waals surface area contributed by atoms with Crippen LogP contribution >= 0.6 is 12.6 Å². The third kappa shape index (κ3) is 9.79. The number of hydrogen-bond acceptors (Lipinski definition) is 4. The van der Waals surface area contributed by atoms with Gasteiger partial charge in [-0.3, -0.25) is 14.5 Å². The monoisotopic (exact) mass is 249 g/mol. The Bertz CT molecular complexity index is 207. The highest BCUT2D eigenvalue weighted by molar-refractivity contribution is 7.80. The maximum atomic E-state index is 10.5. The van der Waals surface area contributed by atoms with E-state index in [1.165, 1.54) is 4.90 Å². The molecule has 0 spiro atoms. The third-order valence-corrected chi connectivity index (χ3v) is 2.42. The molecule has 0 aromatic rings. The molecule has 0 aliphatic rings. The van der Waals surface area contributed by atoms with Crippen molar-refractivity contribution in [2.75, 3.05) is 25.4 Å². The Balaban J connectivity index is 3.73. The number of carbonyl (C=O) groups is 2. The largest absolute Gasteiger partial charge is 0.480 e. The van der Waals surface area contributed by atoms with Crippen LogP contribution in [0.3, 0.4) is 0 Å². The molecule has 0 aromatic heterocycles. The van der Waals surface area contributed by atoms with Crippen LogP contribution in [-0.2, 0) is 9.59 Å². The molecule has 6 heteroatoms. The first-order chi connectivity index (χ1) is 7.56. The number of aliphatic carboxylic acids is 2. The van der Waals surface area contributed by atoms with Crippen molar-refractivity contribution >= 4 is 24.6 Å². The number of unbranched alkanes of at least 4 members (excludes halogenated alkanes) is 3. The smallest absolute Gasteiger partial charge is 0.317 e. The molecule has 94 valence electrons. The van der Waals surface area contributed by atoms with Gasteiger partial charge in [-0.1, -0.05) is 12.8 Å². The van der Waals surface area contributed by atoms with Crippen molar-refractivity contribution in [3.8, 4) is 0 Å². The van der Waals surface area contributed by atoms with E-state index in [1.807, 2.05) is 0 Å². The second-order valence-electron chi connectivity index (χ2n) is 3.64. The van der Waals surface area contributed by atoms with Crippen LogP contribution in [-0.4, -0.2) is 52.4 Å². The first-order valence-electron chi connectivity index (χ1n) is 5.33. The van der Waals surface area contributed by atoms with Gasteiger partial charge in [-0.2, -0.15) is 12.6 Å². The van der Waals surface area contributed by atoms with Gasteiger partial charge >= 0.3 is 11.9 Å². The molecule has 0 amide bonds. The fraction of sp³-hybridized carbons (Fsp3) is 0.800. The molecule has 0 radical (unpaired) electrons. The number of carboxylic acids is 2. The van der Waals surface area contributed by atoms with Gasteiger partial charge in [0.25, 0.3) is 0 Å². The van der Waals surface area contributed by atoms with Crippen molar-refractivity contribution in [1.29, 1.82) is 0 Å². The third-order valence-electron chi connectivity index (χ3n) is 2.10. The first-order valence-corrected chi connectivity index (χ1v) is 5.96. The molecule has 0 fully saturated rings. The summed E-state index contributed by atoms with van der Waals surface area (Å²) in [6, 6.07) is 0. The molecule has 5 nitrogen and oxygen atoms in total. The van der Waals surface area contributed by atoms with Crippen molar-refractivity contribution in [3.63, 3.8) is 0 Å². The summed E-state index contributed by atoms with van der Waals surface area (Å²) in [6.45, 7) is 0.100. The van der Waals surface area contributed by atoms with E-state index >= 15 is 0 Å². The molecular weight excluding hydrogens is 230 g/mol. The predicted molar refractivity (Wildman–Crippen MR) is 64.0 cm³/mol. The molecular formula is C10H19NO4S. The van der Waals surface area contributed by atoms with Crippen LogP contribution < -0.4 is 0 Å². The predicted octanol–water partition coefficient (Wildman–Crippen LogP) is 0.948. The maximum Gasteiger partial charge on any atom is 0.317 e. The van der Waals surface area contributed by atoms with Gasteiger partial charge in [-0.25, -0.2) is 0 Å². The fourth-order valence-electron chi connectivity index (χ4n) is 1.40. The Hall–Kier alpha value is -0.750. The van der Waals surface area contributed by atoms with Gasteiger partial charge in [0.1, 0.15) is 0 Å². The highest BCUT2D eigenvalue weighted by Gasteiger charge is 2.12. The lowest BCUT2D eigenvalue weighted by molar-refractivity contribution is -0.141. The van der Waals surface area contributed by atoms with Crippen LogP contribution in [0.4, 0.5) is 0 Å². The molecule has 0 aliphatic heterocycles. The first kappa shape index (κ1) is 15.2. The Morgan fingerprint density at radius 3 is 1.88 bits per heavy atom. The van der Waals surface area contributed by atoms with Gasteiger partial charge in [0.05, 0.1) is 13.1 Å². The fourth-order valence-corrected chi connectivity index (χ4v) is 1.62. The molecule has 0 aliphatic carbocycles. The lowest BCUT2D eigenvalue weighted by Crippen LogP contribution is -2.35. The molecule has 0 saturated carbocycles. The summed E-state index contributed by atoms with van der Waals surface area (Å²) in [6.07, 6.45) is 3.91. The summed E-state index contributed by atoms with van der Waals surface area (Å²) in [4.78, 5) is 22.4. The topological polar surface area (TPSA) is 77.8 Å². The minimum Gasteiger partial charge on any atom is -0.480 e. The summed E-state index contributed by atoms with van der Waals surface area (Å²) in [5.74, 6) is -1.12. The minimum absolute atomic E-state index is 0.209. The molecule has 0 saturated heterocycles. The standard InChI is InChI=1S/C10H19NO4S/c12-9(13)7-11(8-10(14)15)5-3-1-2-4-6-16/h16H,1-8H2,(H,12,13)(H,14,15). The molecule has 0 rings (SSSR count). The Labute approximate surface area is 101 Å². The van der Waals surface area contributed by atoms with Crippen LogP contribution in [0.5, 0.6) is 0 Å². The average Bonchev–Trinajstić information content (AvgIpc) is 2.15. The highest BCUT2D eigenvalue weighted by atomic mass is 32.1. The molecule has 2 N–H and O–H groups in total. The van der Waals surface area contributed by atoms with Crippen LogP contribution in [0.15, 0.2) is 0 Å². The summed E-state index contributed by atoms with van der Waals surface area (Å²) in [5.41, 5.74) is 0. The lowest BCUT2D eigenvalue weighted by Gasteiger charge is -2.17. The van der Waals surface area contributed by atoms with Gasteiger partial charge in [0, 0.05) is 0 Å². The van der Waals surface area contributed by atoms with Gasteiger partial charge in [0.15, 0.2) is 0 Å². The van der Waals surface area contributed by atoms with Gasteiger partial charge in [-0.05, 0) is 25.1 Å². The quantitative estimate of drug-likeness (QED) is 0.397. The second kappa shape index (κ2) is 9.47. The Kier molecular flexibility index (Phi) is 9.03. The van der Waals surface area contributed by atoms with E-state index in [2.05, 4.69) is 12.6 Å². The molecule has 0 unspecified atom stereocenters. The molecule has 0 heterocycles. The number of thiol groups is 1. The summed E-state index contributed by atoms with van der Waals surface area (Å²) in [7, 11) is 0. The maximum absolute atomic E-state index is 10.5. The number of rotatable bonds is 10. The van der Waals surface area contributed by atoms with E-state index in [9.17, 15) is 9.59 Å². The van der Waals surface area contributed by atoms with Crippen molar-refractivity contribution in [2.24, 2.45) is 0 Å². The molecule has 0 bridgehead atoms. The highest BCUT2D eigenvalue weighted by Crippen LogP contribution is 2.02. The van der Waals surface area contributed by atoms with Crippen LogP contribution in [0, 0.1) is 0 Å². The van der Waals surface area contributed by atoms with Crippen LogP contribution in [0.25, 0.3) is 0 Å². The number of carboxylic acid groups (broad SMARTS) is 2. The van der Waals surface area contributed by atoms with E-state index in [1.54, 1.807) is 0 Å².